The fourth-order valence-corrected chi connectivity index (χ4v) is 0.215. The number of carbonyl (C=O) groups is 1. The second kappa shape index (κ2) is 11.2. The predicted molar refractivity (Wildman–Crippen MR) is 34.5 cm³/mol. The van der Waals surface area contributed by atoms with Crippen LogP contribution in [0.15, 0.2) is 0 Å². The zero-order valence-corrected chi connectivity index (χ0v) is 5.68. The van der Waals surface area contributed by atoms with E-state index in [4.69, 9.17) is 5.11 Å². The average Bonchev–Trinajstić information content (AvgIpc) is 1.66. The highest BCUT2D eigenvalue weighted by molar-refractivity contribution is 5.68. The minimum absolute atomic E-state index is 0. The van der Waals surface area contributed by atoms with Gasteiger partial charge in [0.25, 0.3) is 0 Å². The third-order valence-corrected chi connectivity index (χ3v) is 0.470. The first-order chi connectivity index (χ1) is 3.77. The Morgan fingerprint density at radius 3 is 2.40 bits per heavy atom. The Bertz CT molecular complexity index is 76.0. The Morgan fingerprint density at radius 1 is 1.60 bits per heavy atom. The van der Waals surface area contributed by atoms with Crippen LogP contribution in [0.25, 0.3) is 0 Å². The molecule has 0 aliphatic carbocycles. The van der Waals surface area contributed by atoms with Crippen LogP contribution < -0.4 is 5.48 Å². The van der Waals surface area contributed by atoms with Gasteiger partial charge in [0.15, 0.2) is 0 Å². The Kier molecular flexibility index (Phi) is 18.0. The van der Waals surface area contributed by atoms with Crippen LogP contribution in [0.4, 0.5) is 0 Å². The minimum Gasteiger partial charge on any atom is -0.480 e. The van der Waals surface area contributed by atoms with E-state index in [9.17, 15) is 4.79 Å². The van der Waals surface area contributed by atoms with Crippen LogP contribution in [-0.2, 0) is 9.63 Å². The molecular weight excluding hydrogens is 142 g/mol. The predicted octanol–water partition coefficient (Wildman–Crippen LogP) is -2.04. The largest absolute Gasteiger partial charge is 0.480 e. The van der Waals surface area contributed by atoms with Gasteiger partial charge in [0.2, 0.25) is 0 Å². The molecule has 6 heteroatoms. The van der Waals surface area contributed by atoms with Crippen molar-refractivity contribution < 1.29 is 25.7 Å². The highest BCUT2D eigenvalue weighted by atomic mass is 16.6. The summed E-state index contributed by atoms with van der Waals surface area (Å²) in [6.07, 6.45) is 0. The van der Waals surface area contributed by atoms with Gasteiger partial charge in [0, 0.05) is 0 Å². The van der Waals surface area contributed by atoms with Crippen LogP contribution in [0.5, 0.6) is 0 Å². The second-order valence-corrected chi connectivity index (χ2v) is 1.15. The third-order valence-electron chi connectivity index (χ3n) is 0.470. The summed E-state index contributed by atoms with van der Waals surface area (Å²) in [6, 6.07) is 0. The lowest BCUT2D eigenvalue weighted by atomic mass is 10.7. The van der Waals surface area contributed by atoms with E-state index >= 15 is 0 Å². The second-order valence-electron chi connectivity index (χ2n) is 1.15. The molecule has 0 aromatic heterocycles. The zero-order valence-electron chi connectivity index (χ0n) is 5.68. The molecule has 0 saturated heterocycles. The minimum atomic E-state index is -0.918. The van der Waals surface area contributed by atoms with Crippen LogP contribution in [0.2, 0.25) is 0 Å². The molecule has 0 fully saturated rings. The van der Waals surface area contributed by atoms with Crippen molar-refractivity contribution in [2.75, 3.05) is 13.2 Å². The molecule has 0 spiro atoms. The molecule has 0 aliphatic heterocycles. The van der Waals surface area contributed by atoms with Crippen LogP contribution in [0.1, 0.15) is 6.92 Å². The summed E-state index contributed by atoms with van der Waals surface area (Å²) in [4.78, 5) is 14.2. The number of carboxylic acid groups (broad SMARTS) is 1. The summed E-state index contributed by atoms with van der Waals surface area (Å²) >= 11 is 0. The molecule has 0 saturated carbocycles. The highest BCUT2D eigenvalue weighted by Gasteiger charge is 1.91. The number of rotatable bonds is 4. The third kappa shape index (κ3) is 15.7. The van der Waals surface area contributed by atoms with E-state index in [-0.39, 0.29) is 17.5 Å². The molecule has 0 unspecified atom stereocenters. The summed E-state index contributed by atoms with van der Waals surface area (Å²) in [6.45, 7) is 2.11. The Balaban J connectivity index is -0.000000245. The van der Waals surface area contributed by atoms with E-state index in [1.165, 1.54) is 0 Å². The maximum atomic E-state index is 9.73. The molecule has 6 N–H and O–H groups in total. The van der Waals surface area contributed by atoms with Crippen molar-refractivity contribution in [2.24, 2.45) is 0 Å². The van der Waals surface area contributed by atoms with Crippen LogP contribution in [0, 0.1) is 0 Å². The molecule has 6 nitrogen and oxygen atoms in total. The quantitative estimate of drug-likeness (QED) is 0.358. The number of carboxylic acids is 1. The average molecular weight is 155 g/mol. The first-order valence-electron chi connectivity index (χ1n) is 2.33. The van der Waals surface area contributed by atoms with Crippen molar-refractivity contribution in [3.63, 3.8) is 0 Å². The number of hydrogen-bond donors (Lipinski definition) is 2. The van der Waals surface area contributed by atoms with Gasteiger partial charge in [-0.3, -0.25) is 4.79 Å². The van der Waals surface area contributed by atoms with Gasteiger partial charge in [-0.25, -0.2) is 0 Å². The lowest BCUT2D eigenvalue weighted by Gasteiger charge is -1.96. The summed E-state index contributed by atoms with van der Waals surface area (Å²) in [7, 11) is 0. The van der Waals surface area contributed by atoms with Gasteiger partial charge in [-0.2, -0.15) is 5.48 Å². The molecule has 0 atom stereocenters. The van der Waals surface area contributed by atoms with Crippen molar-refractivity contribution in [2.45, 2.75) is 6.92 Å². The maximum absolute atomic E-state index is 9.73. The number of nitrogens with one attached hydrogen (secondary N) is 1. The fraction of sp³-hybridized carbons (Fsp3) is 0.750. The van der Waals surface area contributed by atoms with Gasteiger partial charge in [-0.15, -0.1) is 0 Å². The molecule has 0 rings (SSSR count). The highest BCUT2D eigenvalue weighted by Crippen LogP contribution is 1.62. The van der Waals surface area contributed by atoms with Crippen molar-refractivity contribution in [3.05, 3.63) is 0 Å². The Hall–Kier alpha value is -0.690. The monoisotopic (exact) mass is 155 g/mol. The summed E-state index contributed by atoms with van der Waals surface area (Å²) in [5.74, 6) is -0.918. The number of hydrogen-bond acceptors (Lipinski definition) is 3. The first-order valence-corrected chi connectivity index (χ1v) is 2.33. The summed E-state index contributed by atoms with van der Waals surface area (Å²) < 4.78 is 0. The Labute approximate surface area is 58.4 Å². The number of hydroxylamine groups is 1. The van der Waals surface area contributed by atoms with E-state index in [1.807, 2.05) is 0 Å². The smallest absolute Gasteiger partial charge is 0.319 e. The van der Waals surface area contributed by atoms with Gasteiger partial charge in [0.05, 0.1) is 6.61 Å². The molecule has 0 heterocycles. The molecular formula is C4H13NO5. The van der Waals surface area contributed by atoms with Gasteiger partial charge in [-0.05, 0) is 6.92 Å². The van der Waals surface area contributed by atoms with Gasteiger partial charge < -0.3 is 20.9 Å². The SMILES string of the molecule is CCONCC(=O)O.O.O. The molecule has 64 valence electrons. The molecule has 0 radical (unpaired) electrons. The van der Waals surface area contributed by atoms with E-state index < -0.39 is 5.97 Å². The molecule has 0 amide bonds. The maximum Gasteiger partial charge on any atom is 0.319 e. The van der Waals surface area contributed by atoms with Crippen LogP contribution in [0.3, 0.4) is 0 Å². The van der Waals surface area contributed by atoms with E-state index in [2.05, 4.69) is 10.3 Å². The number of aliphatic carboxylic acids is 1. The van der Waals surface area contributed by atoms with Crippen molar-refractivity contribution >= 4 is 5.97 Å². The molecule has 10 heavy (non-hydrogen) atoms. The molecule has 0 aromatic carbocycles. The van der Waals surface area contributed by atoms with E-state index in [1.54, 1.807) is 6.92 Å². The van der Waals surface area contributed by atoms with E-state index in [0.29, 0.717) is 6.61 Å². The zero-order chi connectivity index (χ0) is 6.41. The standard InChI is InChI=1S/C4H9NO3.2H2O/c1-2-8-5-3-4(6)7;;/h5H,2-3H2,1H3,(H,6,7);2*1H2. The van der Waals surface area contributed by atoms with Crippen molar-refractivity contribution in [1.82, 2.24) is 5.48 Å². The first kappa shape index (κ1) is 16.1. The topological polar surface area (TPSA) is 122 Å². The van der Waals surface area contributed by atoms with Gasteiger partial charge >= 0.3 is 5.97 Å². The lowest BCUT2D eigenvalue weighted by molar-refractivity contribution is -0.138. The van der Waals surface area contributed by atoms with Crippen LogP contribution >= 0.6 is 0 Å². The summed E-state index contributed by atoms with van der Waals surface area (Å²) in [5.41, 5.74) is 2.23. The summed E-state index contributed by atoms with van der Waals surface area (Å²) in [5, 5.41) is 8.00. The van der Waals surface area contributed by atoms with Crippen molar-refractivity contribution in [1.29, 1.82) is 0 Å². The van der Waals surface area contributed by atoms with E-state index in [0.717, 1.165) is 0 Å². The van der Waals surface area contributed by atoms with Gasteiger partial charge in [0.1, 0.15) is 6.54 Å². The van der Waals surface area contributed by atoms with Gasteiger partial charge in [-0.1, -0.05) is 0 Å². The molecule has 0 bridgehead atoms. The normalized spacial score (nSPS) is 7.30. The fourth-order valence-electron chi connectivity index (χ4n) is 0.215. The molecule has 0 aliphatic rings. The molecule has 0 aromatic rings. The van der Waals surface area contributed by atoms with Crippen molar-refractivity contribution in [3.8, 4) is 0 Å². The Morgan fingerprint density at radius 2 is 2.10 bits per heavy atom. The lowest BCUT2D eigenvalue weighted by Crippen LogP contribution is -2.22. The van der Waals surface area contributed by atoms with Crippen LogP contribution in [-0.4, -0.2) is 35.2 Å².